The molecule has 3 saturated heterocycles. The lowest BCUT2D eigenvalue weighted by atomic mass is 9.91. The number of carbonyl (C=O) groups excluding carboxylic acids is 1. The highest BCUT2D eigenvalue weighted by atomic mass is 32.2. The number of fused-ring (bicyclic) bond motifs is 2. The summed E-state index contributed by atoms with van der Waals surface area (Å²) in [7, 11) is -3.82. The molecule has 6 aromatic rings. The number of H-pyrrole nitrogens is 2. The molecule has 4 aliphatic heterocycles. The molecule has 434 valence electrons. The van der Waals surface area contributed by atoms with Crippen LogP contribution in [-0.4, -0.2) is 185 Å². The van der Waals surface area contributed by atoms with Crippen LogP contribution in [0.15, 0.2) is 70.9 Å². The number of aromatic nitrogens is 7. The lowest BCUT2D eigenvalue weighted by molar-refractivity contribution is -0.121. The van der Waals surface area contributed by atoms with Crippen molar-refractivity contribution in [2.75, 3.05) is 107 Å². The summed E-state index contributed by atoms with van der Waals surface area (Å²) in [6, 6.07) is 11.7. The topological polar surface area (TPSA) is 232 Å². The third kappa shape index (κ3) is 12.9. The number of sulfone groups is 1. The van der Waals surface area contributed by atoms with Crippen molar-refractivity contribution in [1.82, 2.24) is 55.1 Å². The number of aromatic amines is 2. The summed E-state index contributed by atoms with van der Waals surface area (Å²) in [4.78, 5) is 60.2. The van der Waals surface area contributed by atoms with E-state index in [1.54, 1.807) is 57.4 Å². The molecule has 0 saturated carbocycles. The van der Waals surface area contributed by atoms with Gasteiger partial charge in [-0.3, -0.25) is 29.4 Å². The fraction of sp³-hybridized carbons (Fsp3) is 0.534. The van der Waals surface area contributed by atoms with Crippen LogP contribution in [0.4, 0.5) is 27.7 Å². The van der Waals surface area contributed by atoms with E-state index in [1.165, 1.54) is 18.5 Å². The third-order valence-electron chi connectivity index (χ3n) is 16.2. The highest BCUT2D eigenvalue weighted by Gasteiger charge is 2.42. The van der Waals surface area contributed by atoms with Gasteiger partial charge in [-0.1, -0.05) is 26.0 Å². The Morgan fingerprint density at radius 3 is 2.42 bits per heavy atom. The number of benzene rings is 2. The summed E-state index contributed by atoms with van der Waals surface area (Å²) in [5.74, 6) is 2.17. The first kappa shape index (κ1) is 57.6. The highest BCUT2D eigenvalue weighted by Crippen LogP contribution is 2.40. The predicted molar refractivity (Wildman–Crippen MR) is 309 cm³/mol. The number of amides is 1. The first-order chi connectivity index (χ1) is 38.6. The summed E-state index contributed by atoms with van der Waals surface area (Å²) in [6.45, 7) is 25.9. The maximum absolute atomic E-state index is 14.4. The summed E-state index contributed by atoms with van der Waals surface area (Å²) in [5.41, 5.74) is 4.58. The second-order valence-electron chi connectivity index (χ2n) is 23.9. The lowest BCUT2D eigenvalue weighted by Crippen LogP contribution is -2.63. The molecule has 0 bridgehead atoms. The maximum atomic E-state index is 14.4. The number of halogens is 1. The molecule has 23 heteroatoms. The van der Waals surface area contributed by atoms with Gasteiger partial charge in [-0.25, -0.2) is 32.7 Å². The highest BCUT2D eigenvalue weighted by molar-refractivity contribution is 7.92. The van der Waals surface area contributed by atoms with Crippen molar-refractivity contribution in [3.8, 4) is 11.5 Å². The van der Waals surface area contributed by atoms with Crippen LogP contribution in [0.25, 0.3) is 10.9 Å². The fourth-order valence-corrected chi connectivity index (χ4v) is 12.4. The molecule has 4 N–H and O–H groups in total. The zero-order valence-corrected chi connectivity index (χ0v) is 48.8. The number of pyridine rings is 1. The number of nitrogens with zero attached hydrogens (tertiary/aromatic N) is 10. The van der Waals surface area contributed by atoms with Crippen LogP contribution >= 0.6 is 0 Å². The maximum Gasteiger partial charge on any atom is 0.251 e. The third-order valence-corrected chi connectivity index (χ3v) is 18.8. The van der Waals surface area contributed by atoms with Crippen LogP contribution < -0.4 is 35.5 Å². The molecule has 4 atom stereocenters. The number of piperazine rings is 2. The number of aryl methyl sites for hydroxylation is 1. The standard InChI is InChI=1S/C58H77FN14O7S/c1-36-28-72(31-51(74)73-34-58(8,9)52-48(73)22-41(55(75)65-52)21-40-11-13-42(59)14-12-40)43(25-60-36)29-71-30-45(79-32-37(71)2)33-80-44-26-61-56(62-27-44)70-18-16-69(17-19-70)15-10-20-78-49-24-47-46(23-50(49)81(76,77)57(5,6)7)54(64-35-63-47)66-53-38(3)39(4)67-68-53/h11-14,22-24,26-27,35-37,43,45,60H,10,15-21,25,28-34H2,1-9H3,(H,65,75)(H2,63,64,66,67,68)/t36-,37-,43-,45-/m1/s1. The zero-order chi connectivity index (χ0) is 57.4. The van der Waals surface area contributed by atoms with Crippen LogP contribution in [0.5, 0.6) is 11.5 Å². The number of carbonyl (C=O) groups is 1. The van der Waals surface area contributed by atoms with Gasteiger partial charge in [0.05, 0.1) is 48.1 Å². The van der Waals surface area contributed by atoms with Crippen molar-refractivity contribution in [3.63, 3.8) is 0 Å². The molecule has 8 heterocycles. The van der Waals surface area contributed by atoms with Crippen LogP contribution in [0.3, 0.4) is 0 Å². The van der Waals surface area contributed by atoms with Gasteiger partial charge in [0.1, 0.15) is 41.3 Å². The average Bonchev–Trinajstić information content (AvgIpc) is 4.02. The summed E-state index contributed by atoms with van der Waals surface area (Å²) >= 11 is 0. The number of morpholine rings is 1. The number of nitrogens with one attached hydrogen (secondary N) is 4. The van der Waals surface area contributed by atoms with E-state index in [0.29, 0.717) is 92.1 Å². The van der Waals surface area contributed by atoms with E-state index in [1.807, 2.05) is 38.7 Å². The molecule has 4 aliphatic rings. The molecular formula is C58H77FN14O7S. The Balaban J connectivity index is 0.690. The van der Waals surface area contributed by atoms with Crippen molar-refractivity contribution in [2.24, 2.45) is 0 Å². The molecule has 10 rings (SSSR count). The Bertz CT molecular complexity index is 3380. The number of anilines is 4. The van der Waals surface area contributed by atoms with Gasteiger partial charge in [-0.2, -0.15) is 5.10 Å². The second-order valence-corrected chi connectivity index (χ2v) is 26.5. The van der Waals surface area contributed by atoms with Crippen molar-refractivity contribution in [1.29, 1.82) is 0 Å². The summed E-state index contributed by atoms with van der Waals surface area (Å²) < 4.78 is 59.4. The SMILES string of the molecule is Cc1[nH]nc(Nc2ncnc3cc(OCCCN4CCN(c5ncc(OC[C@H]6CN(C[C@H]7CN[C@H](C)CN7CC(=O)N7CC(C)(C)c8[nH]c(=O)c(Cc9ccc(F)cc9)cc87)[C@H](C)CO6)cn5)CC4)c(S(=O)(=O)C(C)(C)C)cc23)c1C. The van der Waals surface area contributed by atoms with Crippen LogP contribution in [0, 0.1) is 19.7 Å². The molecule has 1 amide bonds. The molecule has 0 aliphatic carbocycles. The van der Waals surface area contributed by atoms with Crippen LogP contribution in [0.1, 0.15) is 83.0 Å². The molecular weight excluding hydrogens is 1060 g/mol. The summed E-state index contributed by atoms with van der Waals surface area (Å²) in [5, 5.41) is 14.7. The first-order valence-corrected chi connectivity index (χ1v) is 29.6. The molecule has 81 heavy (non-hydrogen) atoms. The number of hydrogen-bond acceptors (Lipinski definition) is 18. The quantitative estimate of drug-likeness (QED) is 0.0774. The van der Waals surface area contributed by atoms with E-state index >= 15 is 0 Å². The smallest absolute Gasteiger partial charge is 0.251 e. The van der Waals surface area contributed by atoms with Crippen LogP contribution in [0.2, 0.25) is 0 Å². The largest absolute Gasteiger partial charge is 0.492 e. The minimum absolute atomic E-state index is 0.0144. The normalized spacial score (nSPS) is 21.1. The minimum Gasteiger partial charge on any atom is -0.492 e. The van der Waals surface area contributed by atoms with Crippen molar-refractivity contribution < 1.29 is 31.8 Å². The van der Waals surface area contributed by atoms with E-state index < -0.39 is 20.0 Å². The average molecular weight is 1130 g/mol. The van der Waals surface area contributed by atoms with Crippen molar-refractivity contribution in [2.45, 2.75) is 114 Å². The molecule has 0 unspecified atom stereocenters. The lowest BCUT2D eigenvalue weighted by Gasteiger charge is -2.45. The molecule has 4 aromatic heterocycles. The number of rotatable bonds is 18. The van der Waals surface area contributed by atoms with Gasteiger partial charge < -0.3 is 39.6 Å². The van der Waals surface area contributed by atoms with Gasteiger partial charge in [0.25, 0.3) is 5.56 Å². The Morgan fingerprint density at radius 2 is 1.70 bits per heavy atom. The molecule has 21 nitrogen and oxygen atoms in total. The Labute approximate surface area is 473 Å². The molecule has 0 spiro atoms. The molecule has 2 aromatic carbocycles. The van der Waals surface area contributed by atoms with Crippen LogP contribution in [-0.2, 0) is 31.2 Å². The van der Waals surface area contributed by atoms with Gasteiger partial charge >= 0.3 is 0 Å². The Morgan fingerprint density at radius 1 is 0.951 bits per heavy atom. The second kappa shape index (κ2) is 23.7. The van der Waals surface area contributed by atoms with E-state index in [9.17, 15) is 22.4 Å². The molecule has 0 radical (unpaired) electrons. The van der Waals surface area contributed by atoms with Gasteiger partial charge in [-0.15, -0.1) is 0 Å². The number of ether oxygens (including phenoxy) is 3. The van der Waals surface area contributed by atoms with Gasteiger partial charge in [-0.05, 0) is 84.7 Å². The van der Waals surface area contributed by atoms with E-state index in [-0.39, 0.29) is 58.7 Å². The van der Waals surface area contributed by atoms with E-state index in [0.717, 1.165) is 74.0 Å². The van der Waals surface area contributed by atoms with Gasteiger partial charge in [0, 0.05) is 129 Å². The Hall–Kier alpha value is -6.63. The minimum atomic E-state index is -3.82. The first-order valence-electron chi connectivity index (χ1n) is 28.1. The Kier molecular flexibility index (Phi) is 16.8. The molecule has 3 fully saturated rings. The van der Waals surface area contributed by atoms with Gasteiger partial charge in [0.2, 0.25) is 11.9 Å². The van der Waals surface area contributed by atoms with Gasteiger partial charge in [0.15, 0.2) is 21.4 Å². The predicted octanol–water partition coefficient (Wildman–Crippen LogP) is 5.54. The van der Waals surface area contributed by atoms with E-state index in [4.69, 9.17) is 14.2 Å². The zero-order valence-electron chi connectivity index (χ0n) is 48.0. The fourth-order valence-electron chi connectivity index (χ4n) is 11.1. The summed E-state index contributed by atoms with van der Waals surface area (Å²) in [6.07, 6.45) is 5.70. The van der Waals surface area contributed by atoms with Crippen molar-refractivity contribution in [3.05, 3.63) is 105 Å². The number of hydrogen-bond donors (Lipinski definition) is 4. The van der Waals surface area contributed by atoms with E-state index in [2.05, 4.69) is 79.2 Å². The van der Waals surface area contributed by atoms with Crippen molar-refractivity contribution >= 4 is 49.9 Å². The monoisotopic (exact) mass is 1130 g/mol.